The van der Waals surface area contributed by atoms with Gasteiger partial charge in [0, 0.05) is 23.0 Å². The Balaban J connectivity index is 0.000000243. The fraction of sp³-hybridized carbons (Fsp3) is 0.323. The van der Waals surface area contributed by atoms with E-state index in [9.17, 15) is 9.59 Å². The summed E-state index contributed by atoms with van der Waals surface area (Å²) in [5, 5.41) is 10.5. The molecule has 3 aromatic rings. The van der Waals surface area contributed by atoms with Crippen molar-refractivity contribution in [2.24, 2.45) is 5.92 Å². The van der Waals surface area contributed by atoms with Gasteiger partial charge in [0.2, 0.25) is 0 Å². The van der Waals surface area contributed by atoms with Gasteiger partial charge < -0.3 is 14.4 Å². The molecule has 2 aliphatic rings. The fourth-order valence-corrected chi connectivity index (χ4v) is 4.35. The SMILES string of the molecule is CCOC(=O)C(C1CC1)N1CCOC(Cc2ccc(C#N)cc2)C1=O.Clc1ccccc1.Clc1ccccc1. The van der Waals surface area contributed by atoms with E-state index in [-0.39, 0.29) is 17.8 Å². The van der Waals surface area contributed by atoms with Gasteiger partial charge in [-0.1, -0.05) is 71.7 Å². The molecule has 39 heavy (non-hydrogen) atoms. The van der Waals surface area contributed by atoms with E-state index in [1.165, 1.54) is 0 Å². The molecule has 1 saturated carbocycles. The van der Waals surface area contributed by atoms with Crippen LogP contribution in [0.5, 0.6) is 0 Å². The molecule has 0 spiro atoms. The molecule has 1 aliphatic heterocycles. The van der Waals surface area contributed by atoms with Gasteiger partial charge >= 0.3 is 5.97 Å². The number of hydrogen-bond acceptors (Lipinski definition) is 5. The second-order valence-corrected chi connectivity index (χ2v) is 9.90. The van der Waals surface area contributed by atoms with Crippen molar-refractivity contribution in [2.45, 2.75) is 38.3 Å². The van der Waals surface area contributed by atoms with Crippen molar-refractivity contribution in [3.63, 3.8) is 0 Å². The van der Waals surface area contributed by atoms with Crippen LogP contribution < -0.4 is 0 Å². The number of carbonyl (C=O) groups is 2. The van der Waals surface area contributed by atoms with Gasteiger partial charge in [0.15, 0.2) is 0 Å². The molecule has 0 radical (unpaired) electrons. The molecule has 2 fully saturated rings. The minimum absolute atomic E-state index is 0.152. The Morgan fingerprint density at radius 2 is 1.56 bits per heavy atom. The van der Waals surface area contributed by atoms with Crippen molar-refractivity contribution < 1.29 is 19.1 Å². The van der Waals surface area contributed by atoms with Gasteiger partial charge in [-0.3, -0.25) is 4.79 Å². The quantitative estimate of drug-likeness (QED) is 0.325. The molecule has 5 rings (SSSR count). The second-order valence-electron chi connectivity index (χ2n) is 9.03. The number of nitriles is 1. The van der Waals surface area contributed by atoms with E-state index in [1.807, 2.05) is 72.8 Å². The Hall–Kier alpha value is -3.37. The summed E-state index contributed by atoms with van der Waals surface area (Å²) in [6.45, 7) is 2.92. The molecule has 8 heteroatoms. The molecule has 1 saturated heterocycles. The summed E-state index contributed by atoms with van der Waals surface area (Å²) in [6, 6.07) is 27.6. The number of carbonyl (C=O) groups excluding carboxylic acids is 2. The lowest BCUT2D eigenvalue weighted by Gasteiger charge is -2.37. The van der Waals surface area contributed by atoms with Gasteiger partial charge in [0.25, 0.3) is 5.91 Å². The third-order valence-corrected chi connectivity index (χ3v) is 6.62. The van der Waals surface area contributed by atoms with Crippen molar-refractivity contribution in [1.29, 1.82) is 5.26 Å². The van der Waals surface area contributed by atoms with Crippen LogP contribution >= 0.6 is 23.2 Å². The third-order valence-electron chi connectivity index (χ3n) is 6.11. The molecule has 0 N–H and O–H groups in total. The monoisotopic (exact) mass is 566 g/mol. The molecular weight excluding hydrogens is 535 g/mol. The van der Waals surface area contributed by atoms with Crippen molar-refractivity contribution in [3.05, 3.63) is 106 Å². The van der Waals surface area contributed by atoms with Crippen LogP contribution in [0, 0.1) is 17.2 Å². The van der Waals surface area contributed by atoms with Crippen LogP contribution in [0.3, 0.4) is 0 Å². The van der Waals surface area contributed by atoms with Gasteiger partial charge in [-0.2, -0.15) is 5.26 Å². The Bertz CT molecular complexity index is 1180. The van der Waals surface area contributed by atoms with Crippen LogP contribution in [0.15, 0.2) is 84.9 Å². The average Bonchev–Trinajstić information content (AvgIpc) is 3.78. The van der Waals surface area contributed by atoms with Gasteiger partial charge in [-0.05, 0) is 67.6 Å². The highest BCUT2D eigenvalue weighted by Gasteiger charge is 2.45. The molecule has 2 atom stereocenters. The molecule has 1 amide bonds. The zero-order chi connectivity index (χ0) is 28.0. The predicted molar refractivity (Wildman–Crippen MR) is 152 cm³/mol. The molecule has 0 bridgehead atoms. The van der Waals surface area contributed by atoms with E-state index in [1.54, 1.807) is 24.0 Å². The molecule has 204 valence electrons. The Morgan fingerprint density at radius 1 is 1.00 bits per heavy atom. The maximum absolute atomic E-state index is 12.9. The smallest absolute Gasteiger partial charge is 0.329 e. The molecule has 1 aliphatic carbocycles. The first-order chi connectivity index (χ1) is 18.9. The number of ether oxygens (including phenoxy) is 2. The molecule has 3 aromatic carbocycles. The zero-order valence-electron chi connectivity index (χ0n) is 21.8. The lowest BCUT2D eigenvalue weighted by Crippen LogP contribution is -2.56. The maximum Gasteiger partial charge on any atom is 0.329 e. The average molecular weight is 568 g/mol. The summed E-state index contributed by atoms with van der Waals surface area (Å²) < 4.78 is 10.8. The van der Waals surface area contributed by atoms with Crippen LogP contribution in [0.1, 0.15) is 30.9 Å². The number of morpholine rings is 1. The van der Waals surface area contributed by atoms with Crippen molar-refractivity contribution in [1.82, 2.24) is 4.90 Å². The summed E-state index contributed by atoms with van der Waals surface area (Å²) in [5.41, 5.74) is 1.51. The first kappa shape index (κ1) is 30.2. The lowest BCUT2D eigenvalue weighted by atomic mass is 10.0. The summed E-state index contributed by atoms with van der Waals surface area (Å²) in [6.07, 6.45) is 1.74. The first-order valence-corrected chi connectivity index (χ1v) is 13.7. The summed E-state index contributed by atoms with van der Waals surface area (Å²) in [7, 11) is 0. The highest BCUT2D eigenvalue weighted by atomic mass is 35.5. The lowest BCUT2D eigenvalue weighted by molar-refractivity contribution is -0.167. The van der Waals surface area contributed by atoms with Crippen LogP contribution in [-0.2, 0) is 25.5 Å². The minimum Gasteiger partial charge on any atom is -0.464 e. The van der Waals surface area contributed by atoms with E-state index in [4.69, 9.17) is 37.9 Å². The highest BCUT2D eigenvalue weighted by molar-refractivity contribution is 6.30. The van der Waals surface area contributed by atoms with Crippen molar-refractivity contribution in [2.75, 3.05) is 19.8 Å². The Kier molecular flexibility index (Phi) is 12.3. The van der Waals surface area contributed by atoms with Crippen molar-refractivity contribution in [3.8, 4) is 6.07 Å². The van der Waals surface area contributed by atoms with Crippen LogP contribution in [0.2, 0.25) is 10.0 Å². The number of benzene rings is 3. The number of halogens is 2. The Labute approximate surface area is 240 Å². The van der Waals surface area contributed by atoms with E-state index in [0.29, 0.717) is 31.7 Å². The van der Waals surface area contributed by atoms with Gasteiger partial charge in [-0.25, -0.2) is 4.79 Å². The number of hydrogen-bond donors (Lipinski definition) is 0. The van der Waals surface area contributed by atoms with Gasteiger partial charge in [0.05, 0.1) is 24.8 Å². The van der Waals surface area contributed by atoms with Crippen LogP contribution in [0.25, 0.3) is 0 Å². The van der Waals surface area contributed by atoms with E-state index in [0.717, 1.165) is 28.5 Å². The molecular formula is C31H32Cl2N2O4. The largest absolute Gasteiger partial charge is 0.464 e. The van der Waals surface area contributed by atoms with Crippen LogP contribution in [0.4, 0.5) is 0 Å². The number of nitrogens with zero attached hydrogens (tertiary/aromatic N) is 2. The first-order valence-electron chi connectivity index (χ1n) is 12.9. The number of rotatable bonds is 6. The topological polar surface area (TPSA) is 79.6 Å². The minimum atomic E-state index is -0.600. The van der Waals surface area contributed by atoms with Gasteiger partial charge in [-0.15, -0.1) is 0 Å². The fourth-order valence-electron chi connectivity index (χ4n) is 4.05. The van der Waals surface area contributed by atoms with E-state index < -0.39 is 12.1 Å². The second kappa shape index (κ2) is 15.9. The van der Waals surface area contributed by atoms with Crippen molar-refractivity contribution >= 4 is 35.1 Å². The zero-order valence-corrected chi connectivity index (χ0v) is 23.4. The van der Waals surface area contributed by atoms with Gasteiger partial charge in [0.1, 0.15) is 12.1 Å². The Morgan fingerprint density at radius 3 is 2.00 bits per heavy atom. The number of esters is 1. The third kappa shape index (κ3) is 10.0. The summed E-state index contributed by atoms with van der Waals surface area (Å²) >= 11 is 11.1. The summed E-state index contributed by atoms with van der Waals surface area (Å²) in [5.74, 6) is -0.255. The molecule has 6 nitrogen and oxygen atoms in total. The standard InChI is InChI=1S/C19H22N2O4.2C6H5Cl/c1-2-24-19(23)17(15-7-8-15)21-9-10-25-16(18(21)22)11-13-3-5-14(12-20)6-4-13;2*7-6-4-2-1-3-5-6/h3-6,15-17H,2,7-11H2,1H3;2*1-5H. The number of amides is 1. The van der Waals surface area contributed by atoms with E-state index in [2.05, 4.69) is 6.07 Å². The molecule has 0 aromatic heterocycles. The summed E-state index contributed by atoms with van der Waals surface area (Å²) in [4.78, 5) is 26.8. The molecule has 2 unspecified atom stereocenters. The maximum atomic E-state index is 12.9. The predicted octanol–water partition coefficient (Wildman–Crippen LogP) is 6.35. The molecule has 1 heterocycles. The van der Waals surface area contributed by atoms with E-state index >= 15 is 0 Å². The highest BCUT2D eigenvalue weighted by Crippen LogP contribution is 2.37. The normalized spacial score (nSPS) is 16.9. The van der Waals surface area contributed by atoms with Crippen LogP contribution in [-0.4, -0.2) is 48.7 Å².